The molecule has 0 fully saturated rings. The zero-order valence-corrected chi connectivity index (χ0v) is 75.3. The summed E-state index contributed by atoms with van der Waals surface area (Å²) in [6, 6.07) is 68.1. The number of hydrogen-bond acceptors (Lipinski definition) is 33. The number of aliphatic hydroxyl groups is 4. The second kappa shape index (κ2) is 44.7. The first kappa shape index (κ1) is 96.8. The number of aromatic amines is 1. The number of amides is 4. The van der Waals surface area contributed by atoms with E-state index in [4.69, 9.17) is 18.3 Å². The molecule has 4 amide bonds. The molecule has 0 bridgehead atoms. The summed E-state index contributed by atoms with van der Waals surface area (Å²) in [5, 5.41) is 164. The van der Waals surface area contributed by atoms with Crippen LogP contribution >= 0.6 is 0 Å². The van der Waals surface area contributed by atoms with Crippen molar-refractivity contribution < 1.29 is 64.8 Å². The van der Waals surface area contributed by atoms with Crippen LogP contribution < -0.4 is 21.3 Å². The van der Waals surface area contributed by atoms with E-state index in [9.17, 15) is 70.2 Å². The lowest BCUT2D eigenvalue weighted by Crippen LogP contribution is -2.12. The molecule has 145 heavy (non-hydrogen) atoms. The van der Waals surface area contributed by atoms with Gasteiger partial charge in [-0.25, -0.2) is 43.9 Å². The smallest absolute Gasteiger partial charge is 0.259 e. The SMILES string of the molecule is N#Cc1nc(N=Nc2c(O)c(C(=O)Nc3ccc(CO)cc3)cc3ccccc23)n(-c2ncccn2)c1C#N.O=Cc1cn[nH]c1N=Nc1c(O)c(C(=O)Nc2ccc(CO)cc2)cc2ccccc12.[C-]#[N+]c1c(C)nn(-c2ncccn2)c1N=Nc1c(O)c(C(=O)Nc2ccc(CO)cc2)cc2ccccc12.[C-]#[N+]c1cnn(-c2cnccn2)c1N=Nc1c(O)c(C(=O)Nc2ccc(CO)cc2)cc2ccccc12. The van der Waals surface area contributed by atoms with E-state index in [1.165, 1.54) is 75.8 Å². The summed E-state index contributed by atoms with van der Waals surface area (Å²) < 4.78 is 3.79. The minimum Gasteiger partial charge on any atom is -0.505 e. The van der Waals surface area contributed by atoms with E-state index < -0.39 is 29.4 Å². The molecule has 19 aromatic rings. The Hall–Kier alpha value is -21.3. The molecule has 7 heterocycles. The largest absolute Gasteiger partial charge is 0.505 e. The monoisotopic (exact) mass is 1920 g/mol. The van der Waals surface area contributed by atoms with Gasteiger partial charge in [-0.15, -0.1) is 40.9 Å². The number of aryl methyl sites for hydroxylation is 1. The summed E-state index contributed by atoms with van der Waals surface area (Å²) in [6.07, 6.45) is 13.7. The number of hydrogen-bond donors (Lipinski definition) is 13. The number of fused-ring (bicyclic) bond motifs is 4. The number of azo groups is 4. The lowest BCUT2D eigenvalue weighted by Gasteiger charge is -2.11. The number of anilines is 4. The number of imidazole rings is 1. The number of nitriles is 2. The molecule has 0 saturated carbocycles. The van der Waals surface area contributed by atoms with Gasteiger partial charge in [-0.1, -0.05) is 146 Å². The Morgan fingerprint density at radius 2 is 0.821 bits per heavy atom. The molecule has 0 aliphatic carbocycles. The van der Waals surface area contributed by atoms with E-state index in [1.54, 1.807) is 231 Å². The highest BCUT2D eigenvalue weighted by molar-refractivity contribution is 6.15. The van der Waals surface area contributed by atoms with Crippen LogP contribution in [0.3, 0.4) is 0 Å². The second-order valence-electron chi connectivity index (χ2n) is 30.7. The standard InChI is InChI=1S/C27H17N9O3.C27H20N8O3.C26H18N8O3.C22H17N5O4/c28-13-21-22(14-29)36(26-30-10-3-11-31-26)27(33-21)35-34-23-19-5-2-1-4-17(19)12-20(24(23)38)25(39)32-18-8-6-16(15-37)7-9-18;1-16-22(28-2)25(35(34-16)27-29-12-5-13-30-27)33-32-23-20-7-4-3-6-18(20)14-21(24(23)37)26(38)31-19-10-8-17(15-36)9-11-19;1-27-21-13-30-34(22-14-28-10-11-29-22)25(21)33-32-23-19-5-3-2-4-17(19)12-20(24(23)36)26(37)31-18-8-6-16(15-35)7-9-18;28-11-13-5-7-16(8-6-13)24-22(31)18-9-14-3-1-2-4-17(14)19(20(18)30)25-27-21-15(12-29)10-23-26-21/h1-12,37-38H,15H2,(H,32,39);3-14,36-37H,15H2,1H3,(H,31,38);2-14,35-36H,15H2,(H,31,37);1-10,12,28,30H,11H2,(H,23,26)(H,24,31). The van der Waals surface area contributed by atoms with E-state index in [-0.39, 0.29) is 152 Å². The Morgan fingerprint density at radius 3 is 1.19 bits per heavy atom. The van der Waals surface area contributed by atoms with Gasteiger partial charge in [-0.3, -0.25) is 34.1 Å². The lowest BCUT2D eigenvalue weighted by atomic mass is 10.0. The molecule has 0 saturated heterocycles. The molecule has 0 unspecified atom stereocenters. The van der Waals surface area contributed by atoms with Crippen molar-refractivity contribution in [3.8, 4) is 52.9 Å². The van der Waals surface area contributed by atoms with Gasteiger partial charge in [-0.2, -0.15) is 35.5 Å². The highest BCUT2D eigenvalue weighted by Crippen LogP contribution is 2.47. The Bertz CT molecular complexity index is 8470. The number of carbonyl (C=O) groups excluding carboxylic acids is 5. The average molecular weight is 1930 g/mol. The van der Waals surface area contributed by atoms with Crippen LogP contribution in [0, 0.1) is 42.7 Å². The minimum absolute atomic E-state index is 0.00767. The van der Waals surface area contributed by atoms with Gasteiger partial charge in [0.2, 0.25) is 5.95 Å². The van der Waals surface area contributed by atoms with Gasteiger partial charge in [0, 0.05) is 81.5 Å². The van der Waals surface area contributed by atoms with Crippen LogP contribution in [0.15, 0.2) is 327 Å². The summed E-state index contributed by atoms with van der Waals surface area (Å²) >= 11 is 0. The van der Waals surface area contributed by atoms with Crippen molar-refractivity contribution in [2.45, 2.75) is 33.4 Å². The highest BCUT2D eigenvalue weighted by atomic mass is 16.3. The van der Waals surface area contributed by atoms with E-state index >= 15 is 0 Å². The number of aromatic nitrogens is 14. The maximum atomic E-state index is 13.1. The number of carbonyl (C=O) groups is 5. The molecule has 0 atom stereocenters. The topological polar surface area (TPSA) is 610 Å². The Balaban J connectivity index is 0.000000139. The van der Waals surface area contributed by atoms with Crippen molar-refractivity contribution in [2.24, 2.45) is 40.9 Å². The molecule has 708 valence electrons. The molecular formula is C102H72N30O13. The van der Waals surface area contributed by atoms with E-state index in [2.05, 4.69) is 127 Å². The molecule has 43 heteroatoms. The highest BCUT2D eigenvalue weighted by Gasteiger charge is 2.28. The van der Waals surface area contributed by atoms with E-state index in [0.29, 0.717) is 106 Å². The molecule has 0 radical (unpaired) electrons. The van der Waals surface area contributed by atoms with Crippen molar-refractivity contribution in [1.29, 1.82) is 10.5 Å². The second-order valence-corrected chi connectivity index (χ2v) is 30.7. The number of nitrogens with zero attached hydrogens (tertiary/aromatic N) is 25. The molecular weight excluding hydrogens is 1850 g/mol. The fourth-order valence-electron chi connectivity index (χ4n) is 14.4. The molecule has 0 aliphatic rings. The fourth-order valence-corrected chi connectivity index (χ4v) is 14.4. The average Bonchev–Trinajstić information content (AvgIpc) is 1.76. The lowest BCUT2D eigenvalue weighted by molar-refractivity contribution is 0.101. The van der Waals surface area contributed by atoms with E-state index in [0.717, 1.165) is 0 Å². The van der Waals surface area contributed by atoms with Crippen LogP contribution in [0.4, 0.5) is 80.3 Å². The molecule has 13 N–H and O–H groups in total. The molecule has 0 aliphatic heterocycles. The number of benzene rings is 12. The third-order valence-electron chi connectivity index (χ3n) is 21.6. The van der Waals surface area contributed by atoms with Crippen LogP contribution in [0.25, 0.3) is 70.5 Å². The quantitative estimate of drug-likeness (QED) is 0.0152. The van der Waals surface area contributed by atoms with Crippen LogP contribution in [-0.2, 0) is 26.4 Å². The fraction of sp³-hybridized carbons (Fsp3) is 0.0490. The van der Waals surface area contributed by atoms with Crippen LogP contribution in [0.1, 0.15) is 91.1 Å². The van der Waals surface area contributed by atoms with Crippen molar-refractivity contribution in [3.05, 3.63) is 376 Å². The Labute approximate surface area is 818 Å². The molecule has 7 aromatic heterocycles. The van der Waals surface area contributed by atoms with Crippen molar-refractivity contribution in [3.63, 3.8) is 0 Å². The number of nitrogens with one attached hydrogen (secondary N) is 5. The van der Waals surface area contributed by atoms with Gasteiger partial charge in [0.05, 0.1) is 91.7 Å². The predicted octanol–water partition coefficient (Wildman–Crippen LogP) is 19.4. The third-order valence-corrected chi connectivity index (χ3v) is 21.6. The summed E-state index contributed by atoms with van der Waals surface area (Å²) in [5.74, 6) is -3.03. The first-order valence-corrected chi connectivity index (χ1v) is 43.1. The summed E-state index contributed by atoms with van der Waals surface area (Å²) in [5.41, 5.74) is 5.45. The summed E-state index contributed by atoms with van der Waals surface area (Å²) in [7, 11) is 0. The van der Waals surface area contributed by atoms with Gasteiger partial charge in [0.1, 0.15) is 34.9 Å². The number of aldehydes is 1. The van der Waals surface area contributed by atoms with Gasteiger partial charge in [0.15, 0.2) is 63.9 Å². The van der Waals surface area contributed by atoms with E-state index in [1.807, 2.05) is 12.1 Å². The molecule has 0 spiro atoms. The van der Waals surface area contributed by atoms with Gasteiger partial charge in [0.25, 0.3) is 46.9 Å². The Morgan fingerprint density at radius 1 is 0.434 bits per heavy atom. The van der Waals surface area contributed by atoms with Crippen LogP contribution in [0.5, 0.6) is 23.0 Å². The van der Waals surface area contributed by atoms with Gasteiger partial charge in [-0.05, 0) is 136 Å². The number of rotatable bonds is 24. The predicted molar refractivity (Wildman–Crippen MR) is 529 cm³/mol. The van der Waals surface area contributed by atoms with Crippen molar-refractivity contribution >= 4 is 153 Å². The zero-order valence-electron chi connectivity index (χ0n) is 75.3. The first-order valence-electron chi connectivity index (χ1n) is 43.1. The molecule has 19 rings (SSSR count). The number of aliphatic hydroxyl groups excluding tert-OH is 4. The van der Waals surface area contributed by atoms with Gasteiger partial charge >= 0.3 is 0 Å². The summed E-state index contributed by atoms with van der Waals surface area (Å²) in [6.45, 7) is 16.3. The number of phenols is 4. The molecule has 43 nitrogen and oxygen atoms in total. The first-order chi connectivity index (χ1) is 70.7. The molecule has 12 aromatic carbocycles. The maximum Gasteiger partial charge on any atom is 0.259 e. The van der Waals surface area contributed by atoms with Crippen LogP contribution in [-0.4, -0.2) is 140 Å². The normalized spacial score (nSPS) is 11.0. The maximum absolute atomic E-state index is 13.1. The number of H-pyrrole nitrogens is 1. The van der Waals surface area contributed by atoms with Crippen molar-refractivity contribution in [2.75, 3.05) is 21.3 Å². The van der Waals surface area contributed by atoms with Gasteiger partial charge < -0.3 is 62.1 Å². The number of phenolic OH excluding ortho intramolecular Hbond substituents is 4. The number of aromatic hydroxyl groups is 4. The summed E-state index contributed by atoms with van der Waals surface area (Å²) in [4.78, 5) is 99.1. The minimum atomic E-state index is -0.593. The zero-order chi connectivity index (χ0) is 102. The van der Waals surface area contributed by atoms with Crippen molar-refractivity contribution in [1.82, 2.24) is 69.2 Å². The Kier molecular flexibility index (Phi) is 29.8. The third kappa shape index (κ3) is 21.6. The van der Waals surface area contributed by atoms with Crippen LogP contribution in [0.2, 0.25) is 0 Å².